The summed E-state index contributed by atoms with van der Waals surface area (Å²) in [5.41, 5.74) is 4.37. The average molecular weight is 619 g/mol. The van der Waals surface area contributed by atoms with Crippen LogP contribution >= 0.6 is 27.7 Å². The largest absolute Gasteiger partial charge is 0.493 e. The van der Waals surface area contributed by atoms with Crippen molar-refractivity contribution < 1.29 is 23.9 Å². The molecule has 0 saturated carbocycles. The fourth-order valence-electron chi connectivity index (χ4n) is 4.53. The zero-order chi connectivity index (χ0) is 28.2. The van der Waals surface area contributed by atoms with Gasteiger partial charge in [0, 0.05) is 13.1 Å². The smallest absolute Gasteiger partial charge is 0.294 e. The van der Waals surface area contributed by atoms with Gasteiger partial charge in [-0.1, -0.05) is 36.4 Å². The van der Waals surface area contributed by atoms with Crippen LogP contribution in [-0.4, -0.2) is 47.1 Å². The number of methoxy groups -OCH3 is 1. The second kappa shape index (κ2) is 12.0. The fourth-order valence-corrected chi connectivity index (χ4v) is 5.94. The van der Waals surface area contributed by atoms with Crippen LogP contribution in [0.1, 0.15) is 27.8 Å². The summed E-state index contributed by atoms with van der Waals surface area (Å²) in [6, 6.07) is 20.6. The van der Waals surface area contributed by atoms with Crippen LogP contribution in [0.5, 0.6) is 11.5 Å². The summed E-state index contributed by atoms with van der Waals surface area (Å²) in [5.74, 6) is 0.156. The van der Waals surface area contributed by atoms with Gasteiger partial charge < -0.3 is 14.4 Å². The molecule has 0 aromatic heterocycles. The van der Waals surface area contributed by atoms with Crippen molar-refractivity contribution >= 4 is 50.8 Å². The first kappa shape index (κ1) is 27.5. The molecule has 0 N–H and O–H groups in total. The number of amides is 3. The second-order valence-corrected chi connectivity index (χ2v) is 11.1. The molecule has 3 amide bonds. The van der Waals surface area contributed by atoms with E-state index in [-0.39, 0.29) is 24.0 Å². The predicted octanol–water partition coefficient (Wildman–Crippen LogP) is 5.53. The summed E-state index contributed by atoms with van der Waals surface area (Å²) in [6.07, 6.45) is 2.35. The summed E-state index contributed by atoms with van der Waals surface area (Å²) in [4.78, 5) is 41.7. The first-order chi connectivity index (χ1) is 19.4. The summed E-state index contributed by atoms with van der Waals surface area (Å²) in [7, 11) is 1.51. The van der Waals surface area contributed by atoms with Crippen molar-refractivity contribution in [1.82, 2.24) is 9.80 Å². The Kier molecular flexibility index (Phi) is 8.24. The van der Waals surface area contributed by atoms with Gasteiger partial charge in [-0.3, -0.25) is 19.3 Å². The number of nitrogens with zero attached hydrogens (tertiary/aromatic N) is 3. The van der Waals surface area contributed by atoms with Gasteiger partial charge in [-0.25, -0.2) is 0 Å². The molecule has 0 aliphatic carbocycles. The third-order valence-electron chi connectivity index (χ3n) is 6.67. The maximum absolute atomic E-state index is 13.1. The van der Waals surface area contributed by atoms with Gasteiger partial charge in [-0.2, -0.15) is 5.26 Å². The van der Waals surface area contributed by atoms with Gasteiger partial charge in [0.2, 0.25) is 5.91 Å². The topological polar surface area (TPSA) is 99.9 Å². The molecule has 8 nitrogen and oxygen atoms in total. The van der Waals surface area contributed by atoms with Crippen molar-refractivity contribution in [1.29, 1.82) is 5.26 Å². The van der Waals surface area contributed by atoms with E-state index < -0.39 is 11.1 Å². The Morgan fingerprint density at radius 3 is 2.60 bits per heavy atom. The first-order valence-corrected chi connectivity index (χ1v) is 14.1. The predicted molar refractivity (Wildman–Crippen MR) is 154 cm³/mol. The highest BCUT2D eigenvalue weighted by molar-refractivity contribution is 9.10. The normalized spacial score (nSPS) is 15.7. The number of benzene rings is 3. The van der Waals surface area contributed by atoms with Crippen LogP contribution in [0.15, 0.2) is 70.0 Å². The SMILES string of the molecule is COc1cc(/C=C2/SC(=O)N(CC(=O)N3CCc4ccccc4C3)C2=O)cc(Br)c1OCc1ccc(C#N)cc1. The Morgan fingerprint density at radius 2 is 1.88 bits per heavy atom. The lowest BCUT2D eigenvalue weighted by molar-refractivity contribution is -0.136. The lowest BCUT2D eigenvalue weighted by Crippen LogP contribution is -2.44. The molecule has 40 heavy (non-hydrogen) atoms. The quantitative estimate of drug-likeness (QED) is 0.321. The van der Waals surface area contributed by atoms with Crippen LogP contribution in [0.2, 0.25) is 0 Å². The number of rotatable bonds is 7. The Labute approximate surface area is 244 Å². The fraction of sp³-hybridized carbons (Fsp3) is 0.200. The van der Waals surface area contributed by atoms with Crippen LogP contribution in [0, 0.1) is 11.3 Å². The van der Waals surface area contributed by atoms with Crippen molar-refractivity contribution in [2.24, 2.45) is 0 Å². The van der Waals surface area contributed by atoms with Gasteiger partial charge in [-0.15, -0.1) is 0 Å². The molecule has 3 aromatic rings. The minimum absolute atomic E-state index is 0.224. The molecule has 5 rings (SSSR count). The molecule has 10 heteroatoms. The minimum atomic E-state index is -0.503. The molecule has 202 valence electrons. The zero-order valence-electron chi connectivity index (χ0n) is 21.6. The third-order valence-corrected chi connectivity index (χ3v) is 8.16. The number of hydrogen-bond acceptors (Lipinski definition) is 7. The Hall–Kier alpha value is -4.07. The van der Waals surface area contributed by atoms with Gasteiger partial charge in [0.25, 0.3) is 11.1 Å². The monoisotopic (exact) mass is 617 g/mol. The van der Waals surface area contributed by atoms with Crippen LogP contribution in [-0.2, 0) is 29.2 Å². The van der Waals surface area contributed by atoms with Crippen molar-refractivity contribution in [3.05, 3.63) is 97.9 Å². The molecule has 0 spiro atoms. The number of fused-ring (bicyclic) bond motifs is 1. The highest BCUT2D eigenvalue weighted by atomic mass is 79.9. The molecular formula is C30H24BrN3O5S. The molecule has 1 saturated heterocycles. The third kappa shape index (κ3) is 5.91. The lowest BCUT2D eigenvalue weighted by Gasteiger charge is -2.29. The van der Waals surface area contributed by atoms with E-state index in [1.807, 2.05) is 30.3 Å². The van der Waals surface area contributed by atoms with Gasteiger partial charge in [0.05, 0.1) is 28.1 Å². The van der Waals surface area contributed by atoms with E-state index >= 15 is 0 Å². The van der Waals surface area contributed by atoms with E-state index in [0.717, 1.165) is 34.2 Å². The van der Waals surface area contributed by atoms with Crippen molar-refractivity contribution in [2.75, 3.05) is 20.2 Å². The van der Waals surface area contributed by atoms with E-state index in [9.17, 15) is 14.4 Å². The average Bonchev–Trinajstić information content (AvgIpc) is 3.23. The van der Waals surface area contributed by atoms with Gasteiger partial charge in [-0.05, 0) is 86.7 Å². The minimum Gasteiger partial charge on any atom is -0.493 e. The van der Waals surface area contributed by atoms with Gasteiger partial charge >= 0.3 is 0 Å². The summed E-state index contributed by atoms with van der Waals surface area (Å²) in [6.45, 7) is 0.985. The van der Waals surface area contributed by atoms with Crippen LogP contribution in [0.3, 0.4) is 0 Å². The molecule has 0 bridgehead atoms. The highest BCUT2D eigenvalue weighted by Gasteiger charge is 2.37. The molecule has 1 fully saturated rings. The number of thioether (sulfide) groups is 1. The van der Waals surface area contributed by atoms with E-state index in [2.05, 4.69) is 28.1 Å². The van der Waals surface area contributed by atoms with E-state index in [1.54, 1.807) is 35.2 Å². The molecule has 2 aliphatic rings. The Bertz CT molecular complexity index is 1560. The summed E-state index contributed by atoms with van der Waals surface area (Å²) < 4.78 is 12.1. The van der Waals surface area contributed by atoms with Crippen molar-refractivity contribution in [2.45, 2.75) is 19.6 Å². The van der Waals surface area contributed by atoms with E-state index in [4.69, 9.17) is 14.7 Å². The number of imide groups is 1. The number of halogens is 1. The maximum Gasteiger partial charge on any atom is 0.294 e. The number of ether oxygens (including phenoxy) is 2. The summed E-state index contributed by atoms with van der Waals surface area (Å²) >= 11 is 4.32. The van der Waals surface area contributed by atoms with Crippen LogP contribution in [0.4, 0.5) is 4.79 Å². The standard InChI is InChI=1S/C30H24BrN3O5S/c1-38-25-13-21(12-24(31)28(25)39-18-20-8-6-19(15-32)7-9-20)14-26-29(36)34(30(37)40-26)17-27(35)33-11-10-22-4-2-3-5-23(22)16-33/h2-9,12-14H,10-11,16-18H2,1H3/b26-14+. The lowest BCUT2D eigenvalue weighted by atomic mass is 10.00. The molecular weight excluding hydrogens is 594 g/mol. The van der Waals surface area contributed by atoms with Gasteiger partial charge in [0.1, 0.15) is 13.2 Å². The molecule has 2 heterocycles. The molecule has 2 aliphatic heterocycles. The van der Waals surface area contributed by atoms with E-state index in [0.29, 0.717) is 40.2 Å². The van der Waals surface area contributed by atoms with Crippen molar-refractivity contribution in [3.8, 4) is 17.6 Å². The zero-order valence-corrected chi connectivity index (χ0v) is 24.0. The Morgan fingerprint density at radius 1 is 1.12 bits per heavy atom. The van der Waals surface area contributed by atoms with Crippen LogP contribution in [0.25, 0.3) is 6.08 Å². The summed E-state index contributed by atoms with van der Waals surface area (Å²) in [5, 5.41) is 8.49. The number of hydrogen-bond donors (Lipinski definition) is 0. The first-order valence-electron chi connectivity index (χ1n) is 12.5. The Balaban J connectivity index is 1.27. The number of carbonyl (C=O) groups excluding carboxylic acids is 3. The van der Waals surface area contributed by atoms with Gasteiger partial charge in [0.15, 0.2) is 11.5 Å². The highest BCUT2D eigenvalue weighted by Crippen LogP contribution is 2.39. The molecule has 0 radical (unpaired) electrons. The van der Waals surface area contributed by atoms with Crippen molar-refractivity contribution in [3.63, 3.8) is 0 Å². The second-order valence-electron chi connectivity index (χ2n) is 9.23. The number of carbonyl (C=O) groups is 3. The molecule has 3 aromatic carbocycles. The maximum atomic E-state index is 13.1. The number of nitriles is 1. The molecule has 0 unspecified atom stereocenters. The molecule has 0 atom stereocenters. The van der Waals surface area contributed by atoms with Crippen LogP contribution < -0.4 is 9.47 Å². The van der Waals surface area contributed by atoms with E-state index in [1.165, 1.54) is 12.7 Å².